The molecule has 1 aromatic carbocycles. The predicted octanol–water partition coefficient (Wildman–Crippen LogP) is 2.41. The molecule has 5 heteroatoms. The van der Waals surface area contributed by atoms with Gasteiger partial charge in [-0.05, 0) is 35.9 Å². The maximum absolute atomic E-state index is 10.5. The van der Waals surface area contributed by atoms with Gasteiger partial charge in [-0.1, -0.05) is 6.07 Å². The van der Waals surface area contributed by atoms with Crippen molar-refractivity contribution < 1.29 is 19.7 Å². The van der Waals surface area contributed by atoms with Gasteiger partial charge < -0.3 is 14.9 Å². The summed E-state index contributed by atoms with van der Waals surface area (Å²) in [6, 6.07) is 5.58. The first-order valence-corrected chi connectivity index (χ1v) is 7.09. The van der Waals surface area contributed by atoms with Gasteiger partial charge >= 0.3 is 5.97 Å². The van der Waals surface area contributed by atoms with Crippen molar-refractivity contribution in [3.8, 4) is 5.75 Å². The quantitative estimate of drug-likeness (QED) is 0.566. The van der Waals surface area contributed by atoms with E-state index < -0.39 is 5.97 Å². The molecule has 0 spiro atoms. The molecule has 0 amide bonds. The normalized spacial score (nSPS) is 10.8. The van der Waals surface area contributed by atoms with Crippen molar-refractivity contribution in [2.75, 3.05) is 19.5 Å². The first-order valence-electron chi connectivity index (χ1n) is 5.94. The molecule has 0 aliphatic heterocycles. The highest BCUT2D eigenvalue weighted by Crippen LogP contribution is 2.25. The summed E-state index contributed by atoms with van der Waals surface area (Å²) in [7, 11) is 1.62. The highest BCUT2D eigenvalue weighted by Gasteiger charge is 2.04. The van der Waals surface area contributed by atoms with Crippen molar-refractivity contribution in [3.05, 3.63) is 35.4 Å². The van der Waals surface area contributed by atoms with Crippen molar-refractivity contribution in [2.24, 2.45) is 0 Å². The SMILES string of the molecule is COc1ccc(C=CC(=O)O)cc1CSCCCO. The molecule has 0 saturated heterocycles. The molecular formula is C14H18O4S. The van der Waals surface area contributed by atoms with E-state index in [2.05, 4.69) is 0 Å². The molecule has 4 nitrogen and oxygen atoms in total. The van der Waals surface area contributed by atoms with E-state index in [0.29, 0.717) is 0 Å². The van der Waals surface area contributed by atoms with Crippen LogP contribution in [0.2, 0.25) is 0 Å². The second-order valence-corrected chi connectivity index (χ2v) is 4.98. The summed E-state index contributed by atoms with van der Waals surface area (Å²) >= 11 is 1.71. The van der Waals surface area contributed by atoms with Crippen LogP contribution in [0.25, 0.3) is 6.08 Å². The third-order valence-corrected chi connectivity index (χ3v) is 3.52. The molecule has 0 fully saturated rings. The highest BCUT2D eigenvalue weighted by atomic mass is 32.2. The molecule has 0 saturated carbocycles. The Morgan fingerprint density at radius 3 is 2.89 bits per heavy atom. The van der Waals surface area contributed by atoms with Crippen molar-refractivity contribution in [2.45, 2.75) is 12.2 Å². The van der Waals surface area contributed by atoms with Gasteiger partial charge in [0, 0.05) is 24.0 Å². The fourth-order valence-corrected chi connectivity index (χ4v) is 2.45. The van der Waals surface area contributed by atoms with Gasteiger partial charge in [0.25, 0.3) is 0 Å². The van der Waals surface area contributed by atoms with Crippen LogP contribution < -0.4 is 4.74 Å². The monoisotopic (exact) mass is 282 g/mol. The zero-order valence-electron chi connectivity index (χ0n) is 10.8. The molecule has 0 aromatic heterocycles. The minimum atomic E-state index is -0.963. The number of thioether (sulfide) groups is 1. The topological polar surface area (TPSA) is 66.8 Å². The predicted molar refractivity (Wildman–Crippen MR) is 77.5 cm³/mol. The maximum atomic E-state index is 10.5. The van der Waals surface area contributed by atoms with Gasteiger partial charge in [0.05, 0.1) is 7.11 Å². The summed E-state index contributed by atoms with van der Waals surface area (Å²) in [5, 5.41) is 17.3. The fraction of sp³-hybridized carbons (Fsp3) is 0.357. The summed E-state index contributed by atoms with van der Waals surface area (Å²) in [5.41, 5.74) is 1.86. The van der Waals surface area contributed by atoms with E-state index in [1.165, 1.54) is 0 Å². The van der Waals surface area contributed by atoms with E-state index in [9.17, 15) is 4.79 Å². The van der Waals surface area contributed by atoms with Gasteiger partial charge in [-0.25, -0.2) is 4.79 Å². The summed E-state index contributed by atoms with van der Waals surface area (Å²) < 4.78 is 5.28. The molecule has 1 aromatic rings. The standard InChI is InChI=1S/C14H18O4S/c1-18-13-5-3-11(4-6-14(16)17)9-12(13)10-19-8-2-7-15/h3-6,9,15H,2,7-8,10H2,1H3,(H,16,17). The van der Waals surface area contributed by atoms with Gasteiger partial charge in [-0.3, -0.25) is 0 Å². The van der Waals surface area contributed by atoms with Crippen LogP contribution in [-0.4, -0.2) is 35.7 Å². The van der Waals surface area contributed by atoms with Gasteiger partial charge in [-0.2, -0.15) is 11.8 Å². The van der Waals surface area contributed by atoms with Gasteiger partial charge in [-0.15, -0.1) is 0 Å². The van der Waals surface area contributed by atoms with Crippen LogP contribution in [0.5, 0.6) is 5.75 Å². The molecule has 104 valence electrons. The Kier molecular flexibility index (Phi) is 7.07. The number of benzene rings is 1. The number of ether oxygens (including phenoxy) is 1. The van der Waals surface area contributed by atoms with Crippen LogP contribution in [-0.2, 0) is 10.5 Å². The van der Waals surface area contributed by atoms with Crippen molar-refractivity contribution in [3.63, 3.8) is 0 Å². The Bertz CT molecular complexity index is 443. The molecule has 19 heavy (non-hydrogen) atoms. The molecule has 0 heterocycles. The number of rotatable bonds is 8. The number of aliphatic carboxylic acids is 1. The average molecular weight is 282 g/mol. The lowest BCUT2D eigenvalue weighted by atomic mass is 10.1. The summed E-state index contributed by atoms with van der Waals surface area (Å²) in [6.45, 7) is 0.200. The minimum absolute atomic E-state index is 0.200. The zero-order chi connectivity index (χ0) is 14.1. The smallest absolute Gasteiger partial charge is 0.328 e. The van der Waals surface area contributed by atoms with Crippen LogP contribution in [0.4, 0.5) is 0 Å². The Labute approximate surface area is 117 Å². The molecule has 0 radical (unpaired) electrons. The molecule has 1 rings (SSSR count). The summed E-state index contributed by atoms with van der Waals surface area (Å²) in [6.07, 6.45) is 3.44. The largest absolute Gasteiger partial charge is 0.496 e. The number of carboxylic acids is 1. The fourth-order valence-electron chi connectivity index (χ4n) is 1.53. The zero-order valence-corrected chi connectivity index (χ0v) is 11.7. The number of hydrogen-bond acceptors (Lipinski definition) is 4. The third kappa shape index (κ3) is 5.81. The number of carbonyl (C=O) groups is 1. The van der Waals surface area contributed by atoms with Crippen LogP contribution in [0.1, 0.15) is 17.5 Å². The first kappa shape index (κ1) is 15.6. The van der Waals surface area contributed by atoms with E-state index in [4.69, 9.17) is 14.9 Å². The number of aliphatic hydroxyl groups excluding tert-OH is 1. The van der Waals surface area contributed by atoms with E-state index in [-0.39, 0.29) is 6.61 Å². The lowest BCUT2D eigenvalue weighted by molar-refractivity contribution is -0.131. The van der Waals surface area contributed by atoms with Gasteiger partial charge in [0.15, 0.2) is 0 Å². The lowest BCUT2D eigenvalue weighted by Gasteiger charge is -2.09. The average Bonchev–Trinajstić information content (AvgIpc) is 2.41. The Morgan fingerprint density at radius 2 is 2.26 bits per heavy atom. The Hall–Kier alpha value is -1.46. The molecule has 0 atom stereocenters. The minimum Gasteiger partial charge on any atom is -0.496 e. The summed E-state index contributed by atoms with van der Waals surface area (Å²) in [4.78, 5) is 10.5. The van der Waals surface area contributed by atoms with E-state index >= 15 is 0 Å². The van der Waals surface area contributed by atoms with Crippen molar-refractivity contribution >= 4 is 23.8 Å². The summed E-state index contributed by atoms with van der Waals surface area (Å²) in [5.74, 6) is 1.49. The number of aliphatic hydroxyl groups is 1. The van der Waals surface area contributed by atoms with Crippen LogP contribution >= 0.6 is 11.8 Å². The van der Waals surface area contributed by atoms with Crippen LogP contribution in [0, 0.1) is 0 Å². The number of carboxylic acid groups (broad SMARTS) is 1. The van der Waals surface area contributed by atoms with Gasteiger partial charge in [0.2, 0.25) is 0 Å². The highest BCUT2D eigenvalue weighted by molar-refractivity contribution is 7.98. The number of hydrogen-bond donors (Lipinski definition) is 2. The van der Waals surface area contributed by atoms with E-state index in [0.717, 1.165) is 40.9 Å². The first-order chi connectivity index (χ1) is 9.17. The number of methoxy groups -OCH3 is 1. The second-order valence-electron chi connectivity index (χ2n) is 3.87. The molecule has 0 aliphatic carbocycles. The van der Waals surface area contributed by atoms with Crippen molar-refractivity contribution in [1.29, 1.82) is 0 Å². The Morgan fingerprint density at radius 1 is 1.47 bits per heavy atom. The molecule has 0 unspecified atom stereocenters. The third-order valence-electron chi connectivity index (χ3n) is 2.43. The molecular weight excluding hydrogens is 264 g/mol. The second kappa shape index (κ2) is 8.61. The molecule has 0 aliphatic rings. The van der Waals surface area contributed by atoms with E-state index in [1.807, 2.05) is 18.2 Å². The molecule has 2 N–H and O–H groups in total. The van der Waals surface area contributed by atoms with Gasteiger partial charge in [0.1, 0.15) is 5.75 Å². The maximum Gasteiger partial charge on any atom is 0.328 e. The lowest BCUT2D eigenvalue weighted by Crippen LogP contribution is -1.93. The van der Waals surface area contributed by atoms with Crippen LogP contribution in [0.15, 0.2) is 24.3 Å². The molecule has 0 bridgehead atoms. The van der Waals surface area contributed by atoms with Crippen LogP contribution in [0.3, 0.4) is 0 Å². The van der Waals surface area contributed by atoms with E-state index in [1.54, 1.807) is 24.9 Å². The van der Waals surface area contributed by atoms with Crippen molar-refractivity contribution in [1.82, 2.24) is 0 Å². The Balaban J connectivity index is 2.75.